The Hall–Kier alpha value is -1.59. The number of hydrogen-bond acceptors (Lipinski definition) is 6. The molecule has 0 N–H and O–H groups in total. The summed E-state index contributed by atoms with van der Waals surface area (Å²) in [7, 11) is 0. The van der Waals surface area contributed by atoms with Crippen molar-refractivity contribution in [3.05, 3.63) is 0 Å². The number of ether oxygens (including phenoxy) is 3. The first kappa shape index (κ1) is 65.4. The van der Waals surface area contributed by atoms with Gasteiger partial charge in [0.2, 0.25) is 0 Å². The van der Waals surface area contributed by atoms with E-state index in [9.17, 15) is 14.4 Å². The molecule has 0 heterocycles. The smallest absolute Gasteiger partial charge is 0.306 e. The lowest BCUT2D eigenvalue weighted by atomic mass is 9.99. The van der Waals surface area contributed by atoms with Crippen molar-refractivity contribution in [1.29, 1.82) is 0 Å². The molecule has 0 rings (SSSR count). The van der Waals surface area contributed by atoms with E-state index in [1.54, 1.807) is 0 Å². The van der Waals surface area contributed by atoms with Crippen molar-refractivity contribution in [1.82, 2.24) is 0 Å². The summed E-state index contributed by atoms with van der Waals surface area (Å²) in [5, 5.41) is 0. The fourth-order valence-electron chi connectivity index (χ4n) is 9.42. The van der Waals surface area contributed by atoms with E-state index in [1.165, 1.54) is 244 Å². The third kappa shape index (κ3) is 53.6. The third-order valence-corrected chi connectivity index (χ3v) is 14.4. The fraction of sp³-hybridized carbons (Fsp3) is 0.951. The van der Waals surface area contributed by atoms with Crippen LogP contribution in [0.2, 0.25) is 0 Å². The van der Waals surface area contributed by atoms with Crippen LogP contribution in [0.15, 0.2) is 0 Å². The normalized spacial score (nSPS) is 12.4. The Labute approximate surface area is 418 Å². The van der Waals surface area contributed by atoms with Crippen LogP contribution in [0.4, 0.5) is 0 Å². The Kier molecular flexibility index (Phi) is 54.0. The Morgan fingerprint density at radius 2 is 0.522 bits per heavy atom. The van der Waals surface area contributed by atoms with Gasteiger partial charge >= 0.3 is 17.9 Å². The molecule has 0 aromatic heterocycles. The second-order valence-electron chi connectivity index (χ2n) is 21.2. The number of rotatable bonds is 56. The molecule has 0 amide bonds. The van der Waals surface area contributed by atoms with Crippen molar-refractivity contribution in [2.24, 2.45) is 5.92 Å². The van der Waals surface area contributed by atoms with E-state index in [1.807, 2.05) is 0 Å². The maximum atomic E-state index is 12.9. The molecule has 0 radical (unpaired) electrons. The molecule has 6 heteroatoms. The number of carbonyl (C=O) groups excluding carboxylic acids is 3. The zero-order valence-electron chi connectivity index (χ0n) is 45.9. The van der Waals surface area contributed by atoms with Gasteiger partial charge in [0.05, 0.1) is 0 Å². The molecule has 67 heavy (non-hydrogen) atoms. The van der Waals surface area contributed by atoms with Crippen LogP contribution in [0, 0.1) is 5.92 Å². The van der Waals surface area contributed by atoms with Gasteiger partial charge in [-0.2, -0.15) is 0 Å². The van der Waals surface area contributed by atoms with E-state index in [0.717, 1.165) is 63.7 Å². The molecule has 0 fully saturated rings. The molecule has 0 aliphatic rings. The number of esters is 3. The molecule has 0 aromatic carbocycles. The molecule has 0 aromatic rings. The minimum atomic E-state index is -0.762. The topological polar surface area (TPSA) is 78.9 Å². The largest absolute Gasteiger partial charge is 0.462 e. The van der Waals surface area contributed by atoms with Gasteiger partial charge in [-0.1, -0.05) is 310 Å². The molecule has 0 bridgehead atoms. The van der Waals surface area contributed by atoms with Crippen molar-refractivity contribution in [3.8, 4) is 0 Å². The second kappa shape index (κ2) is 55.3. The Bertz CT molecular complexity index is 1010. The fourth-order valence-corrected chi connectivity index (χ4v) is 9.42. The Morgan fingerprint density at radius 3 is 0.776 bits per heavy atom. The zero-order chi connectivity index (χ0) is 48.8. The first-order valence-electron chi connectivity index (χ1n) is 30.4. The summed E-state index contributed by atoms with van der Waals surface area (Å²) in [6, 6.07) is 0. The lowest BCUT2D eigenvalue weighted by Gasteiger charge is -2.18. The summed E-state index contributed by atoms with van der Waals surface area (Å²) in [5.41, 5.74) is 0. The highest BCUT2D eigenvalue weighted by molar-refractivity contribution is 5.71. The maximum Gasteiger partial charge on any atom is 0.306 e. The van der Waals surface area contributed by atoms with Crippen molar-refractivity contribution in [3.63, 3.8) is 0 Å². The van der Waals surface area contributed by atoms with E-state index >= 15 is 0 Å². The van der Waals surface area contributed by atoms with Gasteiger partial charge in [-0.25, -0.2) is 0 Å². The van der Waals surface area contributed by atoms with Gasteiger partial charge in [0.15, 0.2) is 6.10 Å². The van der Waals surface area contributed by atoms with Gasteiger partial charge in [0.1, 0.15) is 13.2 Å². The van der Waals surface area contributed by atoms with Gasteiger partial charge in [-0.05, 0) is 25.2 Å². The number of unbranched alkanes of at least 4 members (excludes halogenated alkanes) is 42. The summed E-state index contributed by atoms with van der Waals surface area (Å²) >= 11 is 0. The van der Waals surface area contributed by atoms with E-state index in [-0.39, 0.29) is 31.1 Å². The molecule has 0 aliphatic carbocycles. The van der Waals surface area contributed by atoms with Gasteiger partial charge < -0.3 is 14.2 Å². The summed E-state index contributed by atoms with van der Waals surface area (Å²) in [4.78, 5) is 38.2. The highest BCUT2D eigenvalue weighted by Crippen LogP contribution is 2.19. The lowest BCUT2D eigenvalue weighted by molar-refractivity contribution is -0.167. The Morgan fingerprint density at radius 1 is 0.299 bits per heavy atom. The standard InChI is InChI=1S/C61H118O6/c1-5-8-10-12-14-16-18-20-22-23-24-29-33-37-41-45-49-53-60(63)66-56-58(55-65-59(62)52-48-44-40-36-32-28-21-19-17-15-13-11-9-6-2)67-61(64)54-50-46-42-38-34-30-26-25-27-31-35-39-43-47-51-57(4)7-3/h57-58H,5-56H2,1-4H3/t57?,58-/m1/s1. The van der Waals surface area contributed by atoms with Crippen LogP contribution in [0.25, 0.3) is 0 Å². The third-order valence-electron chi connectivity index (χ3n) is 14.4. The molecule has 1 unspecified atom stereocenters. The van der Waals surface area contributed by atoms with Crippen molar-refractivity contribution < 1.29 is 28.6 Å². The molecular formula is C61H118O6. The highest BCUT2D eigenvalue weighted by Gasteiger charge is 2.19. The van der Waals surface area contributed by atoms with Gasteiger partial charge in [-0.3, -0.25) is 14.4 Å². The molecule has 0 saturated heterocycles. The van der Waals surface area contributed by atoms with Crippen LogP contribution in [-0.2, 0) is 28.6 Å². The van der Waals surface area contributed by atoms with E-state index < -0.39 is 6.10 Å². The quantitative estimate of drug-likeness (QED) is 0.0343. The minimum Gasteiger partial charge on any atom is -0.462 e. The zero-order valence-corrected chi connectivity index (χ0v) is 45.9. The molecule has 0 spiro atoms. The lowest BCUT2D eigenvalue weighted by Crippen LogP contribution is -2.30. The molecule has 0 aliphatic heterocycles. The SMILES string of the molecule is CCCCCCCCCCCCCCCCCCCC(=O)OC[C@@H](COC(=O)CCCCCCCCCCCCCCCC)OC(=O)CCCCCCCCCCCCCCCCC(C)CC. The van der Waals surface area contributed by atoms with Crippen LogP contribution in [0.5, 0.6) is 0 Å². The molecule has 0 saturated carbocycles. The van der Waals surface area contributed by atoms with Crippen LogP contribution in [-0.4, -0.2) is 37.2 Å². The predicted molar refractivity (Wildman–Crippen MR) is 289 cm³/mol. The van der Waals surface area contributed by atoms with Crippen LogP contribution >= 0.6 is 0 Å². The average molecular weight is 948 g/mol. The molecule has 6 nitrogen and oxygen atoms in total. The predicted octanol–water partition coefficient (Wildman–Crippen LogP) is 20.2. The van der Waals surface area contributed by atoms with Gasteiger partial charge in [0.25, 0.3) is 0 Å². The average Bonchev–Trinajstić information content (AvgIpc) is 3.33. The van der Waals surface area contributed by atoms with E-state index in [4.69, 9.17) is 14.2 Å². The minimum absolute atomic E-state index is 0.0615. The first-order valence-corrected chi connectivity index (χ1v) is 30.4. The van der Waals surface area contributed by atoms with E-state index in [0.29, 0.717) is 19.3 Å². The van der Waals surface area contributed by atoms with Crippen LogP contribution in [0.1, 0.15) is 349 Å². The molecule has 2 atom stereocenters. The molecular weight excluding hydrogens is 829 g/mol. The summed E-state index contributed by atoms with van der Waals surface area (Å²) in [6.07, 6.45) is 60.9. The molecule has 398 valence electrons. The highest BCUT2D eigenvalue weighted by atomic mass is 16.6. The number of hydrogen-bond donors (Lipinski definition) is 0. The van der Waals surface area contributed by atoms with Gasteiger partial charge in [0, 0.05) is 19.3 Å². The van der Waals surface area contributed by atoms with Crippen LogP contribution in [0.3, 0.4) is 0 Å². The van der Waals surface area contributed by atoms with Crippen molar-refractivity contribution in [2.75, 3.05) is 13.2 Å². The monoisotopic (exact) mass is 947 g/mol. The van der Waals surface area contributed by atoms with Gasteiger partial charge in [-0.15, -0.1) is 0 Å². The first-order chi connectivity index (χ1) is 32.9. The van der Waals surface area contributed by atoms with E-state index in [2.05, 4.69) is 27.7 Å². The number of carbonyl (C=O) groups is 3. The summed E-state index contributed by atoms with van der Waals surface area (Å²) in [6.45, 7) is 9.11. The Balaban J connectivity index is 4.29. The maximum absolute atomic E-state index is 12.9. The summed E-state index contributed by atoms with van der Waals surface area (Å²) in [5.74, 6) is 0.0634. The second-order valence-corrected chi connectivity index (χ2v) is 21.2. The summed E-state index contributed by atoms with van der Waals surface area (Å²) < 4.78 is 16.9. The van der Waals surface area contributed by atoms with Crippen LogP contribution < -0.4 is 0 Å². The van der Waals surface area contributed by atoms with Crippen molar-refractivity contribution in [2.45, 2.75) is 355 Å². The van der Waals surface area contributed by atoms with Crippen molar-refractivity contribution >= 4 is 17.9 Å².